The molecule has 2 aromatic rings. The summed E-state index contributed by atoms with van der Waals surface area (Å²) in [4.78, 5) is 17.1. The van der Waals surface area contributed by atoms with Gasteiger partial charge in [-0.15, -0.1) is 0 Å². The normalized spacial score (nSPS) is 14.7. The summed E-state index contributed by atoms with van der Waals surface area (Å²) >= 11 is 0. The maximum Gasteiger partial charge on any atom is 0.253 e. The predicted molar refractivity (Wildman–Crippen MR) is 117 cm³/mol. The van der Waals surface area contributed by atoms with Gasteiger partial charge in [-0.1, -0.05) is 0 Å². The predicted octanol–water partition coefficient (Wildman–Crippen LogP) is 1.84. The van der Waals surface area contributed by atoms with Crippen molar-refractivity contribution < 1.29 is 17.9 Å². The molecule has 0 aromatic heterocycles. The lowest BCUT2D eigenvalue weighted by atomic mass is 10.2. The van der Waals surface area contributed by atoms with Crippen molar-refractivity contribution in [2.75, 3.05) is 51.3 Å². The number of amides is 1. The molecule has 31 heavy (non-hydrogen) atoms. The fourth-order valence-electron chi connectivity index (χ4n) is 3.45. The molecule has 1 N–H and O–H groups in total. The van der Waals surface area contributed by atoms with E-state index in [-0.39, 0.29) is 24.0 Å². The summed E-state index contributed by atoms with van der Waals surface area (Å²) in [6.45, 7) is 3.17. The summed E-state index contributed by atoms with van der Waals surface area (Å²) in [5.74, 6) is -0.113. The number of methoxy groups -OCH3 is 1. The van der Waals surface area contributed by atoms with Crippen LogP contribution < -0.4 is 9.62 Å². The third-order valence-corrected chi connectivity index (χ3v) is 6.63. The molecule has 2 aromatic carbocycles. The zero-order chi connectivity index (χ0) is 22.3. The lowest BCUT2D eigenvalue weighted by Gasteiger charge is -2.24. The van der Waals surface area contributed by atoms with Gasteiger partial charge in [0, 0.05) is 51.1 Å². The first-order valence-corrected chi connectivity index (χ1v) is 11.6. The second-order valence-corrected chi connectivity index (χ2v) is 8.97. The summed E-state index contributed by atoms with van der Waals surface area (Å²) in [6.07, 6.45) is 0.821. The molecule has 1 heterocycles. The number of nitrogens with zero attached hydrogens (tertiary/aromatic N) is 3. The summed E-state index contributed by atoms with van der Waals surface area (Å²) < 4.78 is 31.8. The van der Waals surface area contributed by atoms with Gasteiger partial charge in [0.2, 0.25) is 10.0 Å². The van der Waals surface area contributed by atoms with Gasteiger partial charge in [-0.05, 0) is 55.0 Å². The van der Waals surface area contributed by atoms with E-state index in [1.54, 1.807) is 29.2 Å². The molecule has 164 valence electrons. The van der Waals surface area contributed by atoms with Gasteiger partial charge in [0.1, 0.15) is 0 Å². The molecule has 3 rings (SSSR count). The molecule has 1 aliphatic heterocycles. The highest BCUT2D eigenvalue weighted by Crippen LogP contribution is 2.19. The SMILES string of the molecule is COCCNS(=O)(=O)c1ccc(C(=O)N2CCCN(c3ccc(C#N)cc3)CC2)cc1. The molecule has 0 atom stereocenters. The molecule has 0 radical (unpaired) electrons. The minimum Gasteiger partial charge on any atom is -0.383 e. The maximum atomic E-state index is 12.9. The number of nitrogens with one attached hydrogen (secondary N) is 1. The number of carbonyl (C=O) groups excluding carboxylic acids is 1. The van der Waals surface area contributed by atoms with Crippen LogP contribution in [0, 0.1) is 11.3 Å². The van der Waals surface area contributed by atoms with Crippen molar-refractivity contribution in [1.29, 1.82) is 5.26 Å². The number of hydrogen-bond donors (Lipinski definition) is 1. The maximum absolute atomic E-state index is 12.9. The van der Waals surface area contributed by atoms with Crippen LogP contribution in [0.25, 0.3) is 0 Å². The molecule has 0 aliphatic carbocycles. The van der Waals surface area contributed by atoms with Crippen molar-refractivity contribution in [2.24, 2.45) is 0 Å². The van der Waals surface area contributed by atoms with Crippen LogP contribution >= 0.6 is 0 Å². The second kappa shape index (κ2) is 10.4. The molecule has 9 heteroatoms. The molecule has 1 amide bonds. The van der Waals surface area contributed by atoms with E-state index in [9.17, 15) is 13.2 Å². The van der Waals surface area contributed by atoms with E-state index in [1.165, 1.54) is 19.2 Å². The summed E-state index contributed by atoms with van der Waals surface area (Å²) in [6, 6.07) is 15.6. The monoisotopic (exact) mass is 442 g/mol. The van der Waals surface area contributed by atoms with Crippen LogP contribution in [-0.4, -0.2) is 65.7 Å². The molecular formula is C22H26N4O4S. The van der Waals surface area contributed by atoms with Crippen molar-refractivity contribution in [2.45, 2.75) is 11.3 Å². The van der Waals surface area contributed by atoms with Gasteiger partial charge >= 0.3 is 0 Å². The Morgan fingerprint density at radius 2 is 1.77 bits per heavy atom. The number of benzene rings is 2. The van der Waals surface area contributed by atoms with Crippen LogP contribution in [0.15, 0.2) is 53.4 Å². The standard InChI is InChI=1S/C22H26N4O4S/c1-30-16-11-24-31(28,29)21-9-5-19(6-10-21)22(27)26-13-2-12-25(14-15-26)20-7-3-18(17-23)4-8-20/h3-10,24H,2,11-16H2,1H3. The van der Waals surface area contributed by atoms with Crippen molar-refractivity contribution in [3.63, 3.8) is 0 Å². The Balaban J connectivity index is 1.63. The highest BCUT2D eigenvalue weighted by atomic mass is 32.2. The topological polar surface area (TPSA) is 103 Å². The average molecular weight is 443 g/mol. The second-order valence-electron chi connectivity index (χ2n) is 7.21. The number of nitriles is 1. The fraction of sp³-hybridized carbons (Fsp3) is 0.364. The number of sulfonamides is 1. The van der Waals surface area contributed by atoms with Gasteiger partial charge in [-0.25, -0.2) is 13.1 Å². The zero-order valence-corrected chi connectivity index (χ0v) is 18.3. The van der Waals surface area contributed by atoms with E-state index >= 15 is 0 Å². The highest BCUT2D eigenvalue weighted by Gasteiger charge is 2.21. The smallest absolute Gasteiger partial charge is 0.253 e. The highest BCUT2D eigenvalue weighted by molar-refractivity contribution is 7.89. The van der Waals surface area contributed by atoms with Gasteiger partial charge < -0.3 is 14.5 Å². The number of anilines is 1. The number of carbonyl (C=O) groups is 1. The average Bonchev–Trinajstić information content (AvgIpc) is 3.05. The van der Waals surface area contributed by atoms with E-state index in [4.69, 9.17) is 10.00 Å². The molecule has 1 aliphatic rings. The van der Waals surface area contributed by atoms with E-state index in [1.807, 2.05) is 12.1 Å². The Labute approximate surface area is 183 Å². The van der Waals surface area contributed by atoms with Crippen molar-refractivity contribution in [1.82, 2.24) is 9.62 Å². The summed E-state index contributed by atoms with van der Waals surface area (Å²) in [7, 11) is -2.13. The molecule has 0 bridgehead atoms. The molecule has 0 unspecified atom stereocenters. The quantitative estimate of drug-likeness (QED) is 0.657. The minimum absolute atomic E-state index is 0.113. The third-order valence-electron chi connectivity index (χ3n) is 5.15. The van der Waals surface area contributed by atoms with E-state index in [0.717, 1.165) is 18.7 Å². The van der Waals surface area contributed by atoms with Crippen LogP contribution in [0.5, 0.6) is 0 Å². The van der Waals surface area contributed by atoms with Crippen molar-refractivity contribution in [3.05, 3.63) is 59.7 Å². The van der Waals surface area contributed by atoms with Crippen LogP contribution in [0.1, 0.15) is 22.3 Å². The molecular weight excluding hydrogens is 416 g/mol. The number of hydrogen-bond acceptors (Lipinski definition) is 6. The Bertz CT molecular complexity index is 1030. The molecule has 1 fully saturated rings. The van der Waals surface area contributed by atoms with Gasteiger partial charge in [0.05, 0.1) is 23.1 Å². The Kier molecular flexibility index (Phi) is 7.63. The van der Waals surface area contributed by atoms with Crippen LogP contribution in [0.4, 0.5) is 5.69 Å². The van der Waals surface area contributed by atoms with E-state index in [2.05, 4.69) is 15.7 Å². The summed E-state index contributed by atoms with van der Waals surface area (Å²) in [5.41, 5.74) is 2.11. The van der Waals surface area contributed by atoms with Gasteiger partial charge in [0.25, 0.3) is 5.91 Å². The first kappa shape index (κ1) is 22.7. The van der Waals surface area contributed by atoms with Gasteiger partial charge in [-0.3, -0.25) is 4.79 Å². The fourth-order valence-corrected chi connectivity index (χ4v) is 4.46. The van der Waals surface area contributed by atoms with Crippen molar-refractivity contribution in [3.8, 4) is 6.07 Å². The molecule has 0 spiro atoms. The van der Waals surface area contributed by atoms with E-state index < -0.39 is 10.0 Å². The lowest BCUT2D eigenvalue weighted by Crippen LogP contribution is -2.35. The van der Waals surface area contributed by atoms with Crippen LogP contribution in [-0.2, 0) is 14.8 Å². The van der Waals surface area contributed by atoms with Gasteiger partial charge in [-0.2, -0.15) is 5.26 Å². The lowest BCUT2D eigenvalue weighted by molar-refractivity contribution is 0.0767. The summed E-state index contributed by atoms with van der Waals surface area (Å²) in [5, 5.41) is 8.95. The number of rotatable bonds is 7. The Morgan fingerprint density at radius 1 is 1.06 bits per heavy atom. The van der Waals surface area contributed by atoms with Gasteiger partial charge in [0.15, 0.2) is 0 Å². The minimum atomic E-state index is -3.63. The Hall–Kier alpha value is -2.93. The zero-order valence-electron chi connectivity index (χ0n) is 17.5. The Morgan fingerprint density at radius 3 is 2.42 bits per heavy atom. The van der Waals surface area contributed by atoms with Crippen LogP contribution in [0.3, 0.4) is 0 Å². The molecule has 1 saturated heterocycles. The van der Waals surface area contributed by atoms with E-state index in [0.29, 0.717) is 30.8 Å². The van der Waals surface area contributed by atoms with Crippen LogP contribution in [0.2, 0.25) is 0 Å². The third kappa shape index (κ3) is 5.82. The first-order chi connectivity index (χ1) is 14.9. The number of ether oxygens (including phenoxy) is 1. The molecule has 0 saturated carbocycles. The van der Waals surface area contributed by atoms with Crippen molar-refractivity contribution >= 4 is 21.6 Å². The largest absolute Gasteiger partial charge is 0.383 e. The first-order valence-electron chi connectivity index (χ1n) is 10.1. The molecule has 8 nitrogen and oxygen atoms in total.